The summed E-state index contributed by atoms with van der Waals surface area (Å²) in [6.45, 7) is 16.3. The Hall–Kier alpha value is -0.120. The van der Waals surface area contributed by atoms with Crippen LogP contribution in [-0.2, 0) is 0 Å². The molecule has 0 radical (unpaired) electrons. The molecular weight excluding hydrogens is 234 g/mol. The molecule has 1 rings (SSSR count). The van der Waals surface area contributed by atoms with Crippen LogP contribution in [-0.4, -0.2) is 61.2 Å². The van der Waals surface area contributed by atoms with Gasteiger partial charge >= 0.3 is 0 Å². The van der Waals surface area contributed by atoms with Crippen molar-refractivity contribution in [3.63, 3.8) is 0 Å². The van der Waals surface area contributed by atoms with Crippen molar-refractivity contribution in [2.24, 2.45) is 0 Å². The first kappa shape index (κ1) is 16.9. The maximum atomic E-state index is 3.61. The first-order valence-electron chi connectivity index (χ1n) is 8.44. The van der Waals surface area contributed by atoms with Gasteiger partial charge in [-0.2, -0.15) is 0 Å². The number of nitrogens with one attached hydrogen (secondary N) is 1. The van der Waals surface area contributed by atoms with Crippen LogP contribution in [0.1, 0.15) is 53.4 Å². The molecule has 0 aliphatic heterocycles. The minimum absolute atomic E-state index is 0.770. The minimum atomic E-state index is 0.770. The van der Waals surface area contributed by atoms with Gasteiger partial charge in [0.25, 0.3) is 0 Å². The van der Waals surface area contributed by atoms with E-state index in [-0.39, 0.29) is 0 Å². The smallest absolute Gasteiger partial charge is 0.0110 e. The molecule has 0 aromatic rings. The Morgan fingerprint density at radius 1 is 0.947 bits per heavy atom. The summed E-state index contributed by atoms with van der Waals surface area (Å²) in [5, 5.41) is 3.61. The molecule has 1 aliphatic carbocycles. The van der Waals surface area contributed by atoms with Gasteiger partial charge in [0.1, 0.15) is 0 Å². The summed E-state index contributed by atoms with van der Waals surface area (Å²) in [5.41, 5.74) is 0. The van der Waals surface area contributed by atoms with Gasteiger partial charge in [-0.05, 0) is 65.0 Å². The predicted molar refractivity (Wildman–Crippen MR) is 84.8 cm³/mol. The van der Waals surface area contributed by atoms with Gasteiger partial charge < -0.3 is 15.1 Å². The molecule has 114 valence electrons. The maximum Gasteiger partial charge on any atom is 0.0110 e. The topological polar surface area (TPSA) is 18.5 Å². The summed E-state index contributed by atoms with van der Waals surface area (Å²) >= 11 is 0. The molecule has 0 bridgehead atoms. The molecule has 3 heteroatoms. The van der Waals surface area contributed by atoms with E-state index in [0.29, 0.717) is 0 Å². The summed E-state index contributed by atoms with van der Waals surface area (Å²) in [7, 11) is 0. The van der Waals surface area contributed by atoms with Crippen molar-refractivity contribution < 1.29 is 0 Å². The minimum Gasteiger partial charge on any atom is -0.314 e. The van der Waals surface area contributed by atoms with Crippen LogP contribution in [0.25, 0.3) is 0 Å². The molecule has 0 amide bonds. The molecule has 1 saturated carbocycles. The van der Waals surface area contributed by atoms with E-state index in [1.807, 2.05) is 0 Å². The van der Waals surface area contributed by atoms with Crippen LogP contribution in [0.15, 0.2) is 0 Å². The first-order chi connectivity index (χ1) is 9.24. The second-order valence-electron chi connectivity index (χ2n) is 5.73. The summed E-state index contributed by atoms with van der Waals surface area (Å²) in [5.74, 6) is 0. The Balaban J connectivity index is 2.26. The average molecular weight is 269 g/mol. The van der Waals surface area contributed by atoms with Gasteiger partial charge in [-0.1, -0.05) is 27.7 Å². The van der Waals surface area contributed by atoms with E-state index in [4.69, 9.17) is 0 Å². The van der Waals surface area contributed by atoms with Crippen LogP contribution in [0, 0.1) is 0 Å². The van der Waals surface area contributed by atoms with Gasteiger partial charge in [-0.25, -0.2) is 0 Å². The standard InChI is InChI=1S/C16H35N3/c1-5-17-15-10-11-16(14-15)19(8-4)13-9-12-18(6-2)7-3/h15-17H,5-14H2,1-4H3. The van der Waals surface area contributed by atoms with Crippen LogP contribution in [0.4, 0.5) is 0 Å². The zero-order chi connectivity index (χ0) is 14.1. The van der Waals surface area contributed by atoms with Crippen molar-refractivity contribution >= 4 is 0 Å². The van der Waals surface area contributed by atoms with Crippen LogP contribution in [0.2, 0.25) is 0 Å². The molecule has 1 aliphatic rings. The molecule has 2 unspecified atom stereocenters. The molecule has 2 atom stereocenters. The number of hydrogen-bond donors (Lipinski definition) is 1. The lowest BCUT2D eigenvalue weighted by atomic mass is 10.2. The van der Waals surface area contributed by atoms with Crippen LogP contribution in [0.3, 0.4) is 0 Å². The highest BCUT2D eigenvalue weighted by atomic mass is 15.2. The molecule has 0 spiro atoms. The quantitative estimate of drug-likeness (QED) is 0.657. The predicted octanol–water partition coefficient (Wildman–Crippen LogP) is 2.57. The SMILES string of the molecule is CCNC1CCC(N(CC)CCCN(CC)CC)C1. The van der Waals surface area contributed by atoms with Crippen molar-refractivity contribution in [1.82, 2.24) is 15.1 Å². The van der Waals surface area contributed by atoms with Crippen molar-refractivity contribution in [2.45, 2.75) is 65.5 Å². The fraction of sp³-hybridized carbons (Fsp3) is 1.00. The second-order valence-corrected chi connectivity index (χ2v) is 5.73. The molecule has 0 aromatic heterocycles. The van der Waals surface area contributed by atoms with Crippen molar-refractivity contribution in [1.29, 1.82) is 0 Å². The van der Waals surface area contributed by atoms with E-state index in [9.17, 15) is 0 Å². The highest BCUT2D eigenvalue weighted by Crippen LogP contribution is 2.24. The third kappa shape index (κ3) is 5.80. The lowest BCUT2D eigenvalue weighted by Gasteiger charge is -2.29. The highest BCUT2D eigenvalue weighted by Gasteiger charge is 2.27. The Bertz CT molecular complexity index is 216. The van der Waals surface area contributed by atoms with E-state index in [0.717, 1.165) is 18.6 Å². The van der Waals surface area contributed by atoms with Gasteiger partial charge in [0, 0.05) is 12.1 Å². The molecule has 1 fully saturated rings. The zero-order valence-electron chi connectivity index (χ0n) is 13.6. The zero-order valence-corrected chi connectivity index (χ0v) is 13.6. The molecule has 0 heterocycles. The largest absolute Gasteiger partial charge is 0.314 e. The van der Waals surface area contributed by atoms with Gasteiger partial charge in [-0.3, -0.25) is 0 Å². The molecule has 0 aromatic carbocycles. The number of nitrogens with zero attached hydrogens (tertiary/aromatic N) is 2. The van der Waals surface area contributed by atoms with E-state index in [1.54, 1.807) is 0 Å². The Kier molecular flexibility index (Phi) is 8.67. The number of hydrogen-bond acceptors (Lipinski definition) is 3. The fourth-order valence-corrected chi connectivity index (χ4v) is 3.40. The average Bonchev–Trinajstić information content (AvgIpc) is 2.88. The monoisotopic (exact) mass is 269 g/mol. The molecule has 3 nitrogen and oxygen atoms in total. The van der Waals surface area contributed by atoms with Crippen LogP contribution >= 0.6 is 0 Å². The third-order valence-electron chi connectivity index (χ3n) is 4.63. The van der Waals surface area contributed by atoms with Gasteiger partial charge in [0.2, 0.25) is 0 Å². The summed E-state index contributed by atoms with van der Waals surface area (Å²) in [6.07, 6.45) is 5.42. The van der Waals surface area contributed by atoms with Crippen LogP contribution in [0.5, 0.6) is 0 Å². The van der Waals surface area contributed by atoms with E-state index in [2.05, 4.69) is 42.8 Å². The Morgan fingerprint density at radius 2 is 1.68 bits per heavy atom. The Labute approximate surface area is 120 Å². The van der Waals surface area contributed by atoms with Crippen molar-refractivity contribution in [3.05, 3.63) is 0 Å². The van der Waals surface area contributed by atoms with E-state index < -0.39 is 0 Å². The van der Waals surface area contributed by atoms with Gasteiger partial charge in [0.05, 0.1) is 0 Å². The lowest BCUT2D eigenvalue weighted by Crippen LogP contribution is -2.37. The highest BCUT2D eigenvalue weighted by molar-refractivity contribution is 4.86. The lowest BCUT2D eigenvalue weighted by molar-refractivity contribution is 0.189. The molecule has 1 N–H and O–H groups in total. The second kappa shape index (κ2) is 9.73. The fourth-order valence-electron chi connectivity index (χ4n) is 3.40. The maximum absolute atomic E-state index is 3.61. The van der Waals surface area contributed by atoms with Crippen LogP contribution < -0.4 is 5.32 Å². The molecule has 0 saturated heterocycles. The normalized spacial score (nSPS) is 23.7. The van der Waals surface area contributed by atoms with Crippen molar-refractivity contribution in [2.75, 3.05) is 39.3 Å². The molecule has 19 heavy (non-hydrogen) atoms. The van der Waals surface area contributed by atoms with E-state index >= 15 is 0 Å². The van der Waals surface area contributed by atoms with Crippen molar-refractivity contribution in [3.8, 4) is 0 Å². The van der Waals surface area contributed by atoms with E-state index in [1.165, 1.54) is 58.4 Å². The summed E-state index contributed by atoms with van der Waals surface area (Å²) in [6, 6.07) is 1.59. The van der Waals surface area contributed by atoms with Gasteiger partial charge in [0.15, 0.2) is 0 Å². The van der Waals surface area contributed by atoms with Gasteiger partial charge in [-0.15, -0.1) is 0 Å². The summed E-state index contributed by atoms with van der Waals surface area (Å²) < 4.78 is 0. The molecular formula is C16H35N3. The number of rotatable bonds is 10. The Morgan fingerprint density at radius 3 is 2.26 bits per heavy atom. The third-order valence-corrected chi connectivity index (χ3v) is 4.63. The first-order valence-corrected chi connectivity index (χ1v) is 8.44. The summed E-state index contributed by atoms with van der Waals surface area (Å²) in [4.78, 5) is 5.24.